The molecule has 0 N–H and O–H groups in total. The van der Waals surface area contributed by atoms with Gasteiger partial charge in [0.2, 0.25) is 0 Å². The van der Waals surface area contributed by atoms with Crippen molar-refractivity contribution in [1.29, 1.82) is 0 Å². The predicted molar refractivity (Wildman–Crippen MR) is 214 cm³/mol. The molecule has 8 aliphatic rings. The second kappa shape index (κ2) is 12.2. The second-order valence-electron chi connectivity index (χ2n) is 19.2. The van der Waals surface area contributed by atoms with E-state index in [0.29, 0.717) is 35.7 Å². The van der Waals surface area contributed by atoms with E-state index in [4.69, 9.17) is 9.98 Å². The van der Waals surface area contributed by atoms with Gasteiger partial charge in [0, 0.05) is 44.3 Å². The van der Waals surface area contributed by atoms with Crippen molar-refractivity contribution in [2.45, 2.75) is 115 Å². The van der Waals surface area contributed by atoms with Crippen molar-refractivity contribution >= 4 is 78.6 Å². The number of carbonyl (C=O) groups excluding carboxylic acids is 4. The van der Waals surface area contributed by atoms with Crippen LogP contribution in [-0.2, 0) is 30.0 Å². The van der Waals surface area contributed by atoms with Gasteiger partial charge in [-0.2, -0.15) is 0 Å². The molecule has 0 amide bonds. The largest absolute Gasteiger partial charge is 0.292 e. The number of hydrogen-bond donors (Lipinski definition) is 0. The zero-order chi connectivity index (χ0) is 39.8. The normalized spacial score (nSPS) is 38.0. The van der Waals surface area contributed by atoms with Crippen LogP contribution in [0.5, 0.6) is 0 Å². The van der Waals surface area contributed by atoms with Crippen LogP contribution < -0.4 is 0 Å². The molecule has 0 radical (unpaired) electrons. The van der Waals surface area contributed by atoms with E-state index in [0.717, 1.165) is 30.6 Å². The predicted octanol–water partition coefficient (Wildman–Crippen LogP) is 10.4. The highest BCUT2D eigenvalue weighted by Gasteiger charge is 2.56. The molecule has 3 heterocycles. The molecule has 0 aliphatic heterocycles. The average Bonchev–Trinajstić information content (AvgIpc) is 4.00. The summed E-state index contributed by atoms with van der Waals surface area (Å²) in [5, 5.41) is 1.20. The van der Waals surface area contributed by atoms with Crippen molar-refractivity contribution in [2.24, 2.45) is 57.3 Å². The van der Waals surface area contributed by atoms with Gasteiger partial charge in [-0.15, -0.1) is 34.0 Å². The molecule has 298 valence electrons. The van der Waals surface area contributed by atoms with Crippen LogP contribution in [0, 0.1) is 47.3 Å². The number of alkyl halides is 4. The number of aliphatic imine (C=N–C) groups is 2. The third-order valence-electron chi connectivity index (χ3n) is 15.5. The maximum absolute atomic E-state index is 14.3. The Morgan fingerprint density at radius 2 is 0.772 bits per heavy atom. The molecule has 0 saturated heterocycles. The van der Waals surface area contributed by atoms with Crippen LogP contribution in [0.2, 0.25) is 0 Å². The maximum Gasteiger partial charge on any atom is 0.188 e. The summed E-state index contributed by atoms with van der Waals surface area (Å²) in [4.78, 5) is 68.5. The van der Waals surface area contributed by atoms with Gasteiger partial charge < -0.3 is 0 Å². The molecule has 0 aromatic carbocycles. The van der Waals surface area contributed by atoms with E-state index < -0.39 is 59.2 Å². The molecule has 3 aromatic rings. The van der Waals surface area contributed by atoms with Gasteiger partial charge >= 0.3 is 0 Å². The van der Waals surface area contributed by atoms with Crippen LogP contribution in [0.1, 0.15) is 101 Å². The van der Waals surface area contributed by atoms with E-state index in [2.05, 4.69) is 27.7 Å². The summed E-state index contributed by atoms with van der Waals surface area (Å²) >= 11 is 4.66. The van der Waals surface area contributed by atoms with Gasteiger partial charge in [0.15, 0.2) is 34.6 Å². The number of thiophene rings is 3. The number of rotatable bonds is 2. The molecule has 12 unspecified atom stereocenters. The maximum atomic E-state index is 14.3. The summed E-state index contributed by atoms with van der Waals surface area (Å²) in [5.41, 5.74) is 3.86. The molecule has 6 nitrogen and oxygen atoms in total. The smallest absolute Gasteiger partial charge is 0.188 e. The van der Waals surface area contributed by atoms with E-state index in [1.165, 1.54) is 33.8 Å². The fourth-order valence-corrected chi connectivity index (χ4v) is 16.8. The van der Waals surface area contributed by atoms with E-state index in [1.54, 1.807) is 11.3 Å². The molecule has 13 heteroatoms. The van der Waals surface area contributed by atoms with Gasteiger partial charge in [0.1, 0.15) is 34.7 Å². The first-order chi connectivity index (χ1) is 27.0. The number of ketones is 4. The summed E-state index contributed by atoms with van der Waals surface area (Å²) in [6.45, 7) is 8.78. The second-order valence-corrected chi connectivity index (χ2v) is 22.3. The SMILES string of the molecule is CC1(C)c2cc(N=C3C(=O)C4CC5CC(F)C(F)CC5CC4C3=O)sc2-c2sc3c(c21)C(C)(C)c1cc(N=C2C(=O)C4CC5CC(F)C(F)CC5CC4C2=O)sc1-3. The number of nitrogens with zero attached hydrogens (tertiary/aromatic N) is 2. The van der Waals surface area contributed by atoms with E-state index >= 15 is 0 Å². The third kappa shape index (κ3) is 5.03. The lowest BCUT2D eigenvalue weighted by Gasteiger charge is -2.42. The highest BCUT2D eigenvalue weighted by Crippen LogP contribution is 2.67. The molecule has 3 aromatic heterocycles. The van der Waals surface area contributed by atoms with Gasteiger partial charge in [-0.3, -0.25) is 19.2 Å². The summed E-state index contributed by atoms with van der Waals surface area (Å²) < 4.78 is 57.0. The summed E-state index contributed by atoms with van der Waals surface area (Å²) in [5.74, 6) is -3.46. The highest BCUT2D eigenvalue weighted by molar-refractivity contribution is 7.29. The summed E-state index contributed by atoms with van der Waals surface area (Å²) in [7, 11) is 0. The quantitative estimate of drug-likeness (QED) is 0.240. The Hall–Kier alpha value is -3.16. The third-order valence-corrected chi connectivity index (χ3v) is 19.1. The Kier molecular flexibility index (Phi) is 7.90. The first kappa shape index (κ1) is 36.9. The van der Waals surface area contributed by atoms with Crippen LogP contribution >= 0.6 is 34.0 Å². The van der Waals surface area contributed by atoms with Crippen molar-refractivity contribution in [3.63, 3.8) is 0 Å². The van der Waals surface area contributed by atoms with Gasteiger partial charge in [0.25, 0.3) is 0 Å². The minimum absolute atomic E-state index is 0.0268. The van der Waals surface area contributed by atoms with Crippen LogP contribution in [-0.4, -0.2) is 59.2 Å². The number of hydrogen-bond acceptors (Lipinski definition) is 9. The van der Waals surface area contributed by atoms with Gasteiger partial charge in [0.05, 0.1) is 9.75 Å². The zero-order valence-electron chi connectivity index (χ0n) is 32.0. The lowest BCUT2D eigenvalue weighted by molar-refractivity contribution is -0.124. The molecule has 0 bridgehead atoms. The fourth-order valence-electron chi connectivity index (χ4n) is 12.5. The first-order valence-corrected chi connectivity index (χ1v) is 22.8. The minimum Gasteiger partial charge on any atom is -0.292 e. The molecule has 0 spiro atoms. The molecule has 11 rings (SSSR count). The standard InChI is InChI=1S/C44H42F4N2O4S3/c1-43(2)23-13-29(49-33-35(51)19-5-15-9-25(45)26(46)10-16(15)6-20(19)36(33)52)55-39(23)41-31(43)32-42(57-41)40-24(44(32,3)4)14-30(56-40)50-34-37(53)21-7-17-11-27(47)28(48)12-18(17)8-22(21)38(34)54/h13-22,25-28H,5-12H2,1-4H3. The average molecular weight is 835 g/mol. The van der Waals surface area contributed by atoms with Crippen LogP contribution in [0.25, 0.3) is 19.5 Å². The molecule has 6 saturated carbocycles. The number of Topliss-reactive ketones (excluding diaryl/α,β-unsaturated/α-hetero) is 4. The number of carbonyl (C=O) groups is 4. The summed E-state index contributed by atoms with van der Waals surface area (Å²) in [6.07, 6.45) is -3.96. The monoisotopic (exact) mass is 834 g/mol. The zero-order valence-corrected chi connectivity index (χ0v) is 34.5. The minimum atomic E-state index is -1.51. The van der Waals surface area contributed by atoms with Crippen LogP contribution in [0.4, 0.5) is 27.6 Å². The van der Waals surface area contributed by atoms with Crippen molar-refractivity contribution in [2.75, 3.05) is 0 Å². The Morgan fingerprint density at radius 1 is 0.474 bits per heavy atom. The van der Waals surface area contributed by atoms with E-state index in [-0.39, 0.29) is 83.9 Å². The molecular weight excluding hydrogens is 793 g/mol. The first-order valence-electron chi connectivity index (χ1n) is 20.4. The molecule has 8 aliphatic carbocycles. The van der Waals surface area contributed by atoms with Gasteiger partial charge in [-0.05, 0) is 109 Å². The van der Waals surface area contributed by atoms with Crippen LogP contribution in [0.3, 0.4) is 0 Å². The van der Waals surface area contributed by atoms with E-state index in [9.17, 15) is 36.7 Å². The van der Waals surface area contributed by atoms with Gasteiger partial charge in [-0.25, -0.2) is 27.5 Å². The van der Waals surface area contributed by atoms with Crippen molar-refractivity contribution < 1.29 is 36.7 Å². The lowest BCUT2D eigenvalue weighted by Crippen LogP contribution is -2.41. The van der Waals surface area contributed by atoms with E-state index in [1.807, 2.05) is 12.1 Å². The lowest BCUT2D eigenvalue weighted by atomic mass is 9.63. The van der Waals surface area contributed by atoms with Gasteiger partial charge in [-0.1, -0.05) is 27.7 Å². The van der Waals surface area contributed by atoms with Crippen molar-refractivity contribution in [1.82, 2.24) is 0 Å². The highest BCUT2D eigenvalue weighted by atomic mass is 32.1. The topological polar surface area (TPSA) is 93.0 Å². The Bertz CT molecular complexity index is 2180. The summed E-state index contributed by atoms with van der Waals surface area (Å²) in [6, 6.07) is 4.02. The molecule has 57 heavy (non-hydrogen) atoms. The van der Waals surface area contributed by atoms with Crippen molar-refractivity contribution in [3.8, 4) is 19.5 Å². The molecular formula is C44H42F4N2O4S3. The Labute approximate surface area is 339 Å². The molecule has 12 atom stereocenters. The van der Waals surface area contributed by atoms with Crippen molar-refractivity contribution in [3.05, 3.63) is 34.4 Å². The number of halogens is 4. The number of fused-ring (bicyclic) bond motifs is 11. The fraction of sp³-hybridized carbons (Fsp3) is 0.591. The Morgan fingerprint density at radius 3 is 1.07 bits per heavy atom. The Balaban J connectivity index is 0.893. The molecule has 6 fully saturated rings. The van der Waals surface area contributed by atoms with Crippen LogP contribution in [0.15, 0.2) is 22.1 Å².